The van der Waals surface area contributed by atoms with Crippen molar-refractivity contribution in [1.29, 1.82) is 0 Å². The van der Waals surface area contributed by atoms with Crippen LogP contribution in [0.4, 0.5) is 0 Å². The molecular formula is C7H9N2+. The lowest BCUT2D eigenvalue weighted by atomic mass is 9.95. The molecule has 2 nitrogen and oxygen atoms in total. The third-order valence-electron chi connectivity index (χ3n) is 1.76. The summed E-state index contributed by atoms with van der Waals surface area (Å²) in [6.45, 7) is 0. The summed E-state index contributed by atoms with van der Waals surface area (Å²) >= 11 is 0. The second-order valence-electron chi connectivity index (χ2n) is 2.39. The lowest BCUT2D eigenvalue weighted by Gasteiger charge is -2.04. The van der Waals surface area contributed by atoms with Crippen LogP contribution in [-0.2, 0) is 0 Å². The predicted octanol–water partition coefficient (Wildman–Crippen LogP) is -0.526. The van der Waals surface area contributed by atoms with E-state index in [0.29, 0.717) is 5.92 Å². The zero-order valence-corrected chi connectivity index (χ0v) is 5.17. The van der Waals surface area contributed by atoms with Gasteiger partial charge in [-0.15, -0.1) is 5.10 Å². The van der Waals surface area contributed by atoms with E-state index in [1.807, 2.05) is 6.21 Å². The highest BCUT2D eigenvalue weighted by molar-refractivity contribution is 6.01. The van der Waals surface area contributed by atoms with Crippen molar-refractivity contribution in [3.05, 3.63) is 12.2 Å². The first-order valence-electron chi connectivity index (χ1n) is 3.29. The molecule has 2 heteroatoms. The van der Waals surface area contributed by atoms with Crippen LogP contribution in [0.3, 0.4) is 0 Å². The second-order valence-corrected chi connectivity index (χ2v) is 2.39. The molecule has 0 radical (unpaired) electrons. The molecule has 1 atom stereocenters. The normalized spacial score (nSPS) is 30.2. The summed E-state index contributed by atoms with van der Waals surface area (Å²) in [5, 5.41) is 6.99. The Bertz CT molecular complexity index is 201. The lowest BCUT2D eigenvalue weighted by Crippen LogP contribution is -2.59. The molecule has 0 aromatic carbocycles. The smallest absolute Gasteiger partial charge is 0.110 e. The van der Waals surface area contributed by atoms with Crippen LogP contribution in [0, 0.1) is 5.92 Å². The molecule has 0 bridgehead atoms. The number of nitrogens with zero attached hydrogens (tertiary/aromatic N) is 1. The van der Waals surface area contributed by atoms with E-state index >= 15 is 0 Å². The molecule has 46 valence electrons. The highest BCUT2D eigenvalue weighted by Crippen LogP contribution is 2.12. The molecule has 0 spiro atoms. The van der Waals surface area contributed by atoms with Crippen molar-refractivity contribution in [2.45, 2.75) is 12.8 Å². The van der Waals surface area contributed by atoms with Crippen molar-refractivity contribution in [3.63, 3.8) is 0 Å². The van der Waals surface area contributed by atoms with Crippen molar-refractivity contribution in [3.8, 4) is 0 Å². The monoisotopic (exact) mass is 121 g/mol. The summed E-state index contributed by atoms with van der Waals surface area (Å²) in [5.74, 6) is 0.499. The SMILES string of the molecule is C1=CC2C=[NH+]N=C2CC1. The van der Waals surface area contributed by atoms with E-state index in [0.717, 1.165) is 12.8 Å². The number of hydrazone groups is 1. The Morgan fingerprint density at radius 1 is 1.67 bits per heavy atom. The van der Waals surface area contributed by atoms with Crippen LogP contribution in [0.2, 0.25) is 0 Å². The van der Waals surface area contributed by atoms with E-state index in [-0.39, 0.29) is 0 Å². The molecule has 1 unspecified atom stereocenters. The van der Waals surface area contributed by atoms with E-state index in [1.165, 1.54) is 5.71 Å². The summed E-state index contributed by atoms with van der Waals surface area (Å²) in [6.07, 6.45) is 8.72. The van der Waals surface area contributed by atoms with Crippen LogP contribution in [0.15, 0.2) is 17.3 Å². The molecule has 1 heterocycles. The third-order valence-corrected chi connectivity index (χ3v) is 1.76. The standard InChI is InChI=1S/C7H8N2/c1-2-4-7-6(3-1)5-8-9-7/h1,3,5-6H,2,4H2/p+1. The molecule has 0 aromatic rings. The minimum absolute atomic E-state index is 0.499. The fourth-order valence-corrected chi connectivity index (χ4v) is 1.23. The first kappa shape index (κ1) is 4.91. The van der Waals surface area contributed by atoms with Crippen LogP contribution in [0.5, 0.6) is 0 Å². The van der Waals surface area contributed by atoms with Gasteiger partial charge in [0.15, 0.2) is 6.21 Å². The van der Waals surface area contributed by atoms with Crippen molar-refractivity contribution in [1.82, 2.24) is 0 Å². The van der Waals surface area contributed by atoms with E-state index in [1.54, 1.807) is 0 Å². The van der Waals surface area contributed by atoms with Crippen molar-refractivity contribution >= 4 is 11.9 Å². The van der Waals surface area contributed by atoms with Crippen LogP contribution < -0.4 is 5.10 Å². The average molecular weight is 121 g/mol. The molecular weight excluding hydrogens is 112 g/mol. The van der Waals surface area contributed by atoms with Gasteiger partial charge in [0.1, 0.15) is 11.6 Å². The largest absolute Gasteiger partial charge is 0.182 e. The molecule has 2 aliphatic rings. The Morgan fingerprint density at radius 3 is 3.56 bits per heavy atom. The van der Waals surface area contributed by atoms with Gasteiger partial charge in [0, 0.05) is 0 Å². The Balaban J connectivity index is 2.31. The number of fused-ring (bicyclic) bond motifs is 1. The molecule has 1 aliphatic heterocycles. The van der Waals surface area contributed by atoms with Crippen molar-refractivity contribution < 1.29 is 5.10 Å². The van der Waals surface area contributed by atoms with Crippen LogP contribution in [0.1, 0.15) is 12.8 Å². The maximum absolute atomic E-state index is 4.12. The van der Waals surface area contributed by atoms with E-state index in [9.17, 15) is 0 Å². The Morgan fingerprint density at radius 2 is 2.67 bits per heavy atom. The zero-order valence-electron chi connectivity index (χ0n) is 5.17. The van der Waals surface area contributed by atoms with E-state index in [2.05, 4.69) is 22.4 Å². The number of rotatable bonds is 0. The first-order valence-corrected chi connectivity index (χ1v) is 3.29. The third kappa shape index (κ3) is 0.707. The summed E-state index contributed by atoms with van der Waals surface area (Å²) in [4.78, 5) is 0. The van der Waals surface area contributed by atoms with Gasteiger partial charge in [-0.2, -0.15) is 0 Å². The highest BCUT2D eigenvalue weighted by Gasteiger charge is 2.21. The van der Waals surface area contributed by atoms with Gasteiger partial charge in [-0.25, -0.2) is 0 Å². The summed E-state index contributed by atoms with van der Waals surface area (Å²) in [7, 11) is 0. The minimum Gasteiger partial charge on any atom is -0.110 e. The number of hydrogen-bond acceptors (Lipinski definition) is 1. The van der Waals surface area contributed by atoms with Crippen LogP contribution in [-0.4, -0.2) is 11.9 Å². The van der Waals surface area contributed by atoms with Gasteiger partial charge in [-0.1, -0.05) is 12.2 Å². The van der Waals surface area contributed by atoms with Crippen molar-refractivity contribution in [2.24, 2.45) is 11.0 Å². The molecule has 9 heavy (non-hydrogen) atoms. The quantitative estimate of drug-likeness (QED) is 0.417. The molecule has 0 amide bonds. The van der Waals surface area contributed by atoms with Gasteiger partial charge in [0.25, 0.3) is 0 Å². The summed E-state index contributed by atoms with van der Waals surface area (Å²) < 4.78 is 0. The zero-order chi connectivity index (χ0) is 6.10. The summed E-state index contributed by atoms with van der Waals surface area (Å²) in [5.41, 5.74) is 1.29. The van der Waals surface area contributed by atoms with Gasteiger partial charge in [0.2, 0.25) is 0 Å². The Kier molecular flexibility index (Phi) is 0.979. The number of nitrogens with one attached hydrogen (secondary N) is 1. The Labute approximate surface area is 54.0 Å². The average Bonchev–Trinajstić information content (AvgIpc) is 2.33. The first-order chi connectivity index (χ1) is 4.47. The Hall–Kier alpha value is -0.920. The molecule has 0 saturated carbocycles. The molecule has 2 rings (SSSR count). The van der Waals surface area contributed by atoms with E-state index in [4.69, 9.17) is 0 Å². The van der Waals surface area contributed by atoms with Crippen LogP contribution in [0.25, 0.3) is 0 Å². The molecule has 1 aliphatic carbocycles. The van der Waals surface area contributed by atoms with Gasteiger partial charge in [0.05, 0.1) is 0 Å². The van der Waals surface area contributed by atoms with Gasteiger partial charge >= 0.3 is 0 Å². The predicted molar refractivity (Wildman–Crippen MR) is 36.3 cm³/mol. The summed E-state index contributed by atoms with van der Waals surface area (Å²) in [6, 6.07) is 0. The topological polar surface area (TPSA) is 26.3 Å². The van der Waals surface area contributed by atoms with Crippen LogP contribution >= 0.6 is 0 Å². The number of hydrogen-bond donors (Lipinski definition) is 1. The number of allylic oxidation sites excluding steroid dienone is 2. The van der Waals surface area contributed by atoms with E-state index < -0.39 is 0 Å². The fourth-order valence-electron chi connectivity index (χ4n) is 1.23. The maximum atomic E-state index is 4.12. The van der Waals surface area contributed by atoms with Gasteiger partial charge in [-0.3, -0.25) is 0 Å². The molecule has 1 N–H and O–H groups in total. The molecule has 0 aromatic heterocycles. The maximum Gasteiger partial charge on any atom is 0.182 e. The minimum atomic E-state index is 0.499. The van der Waals surface area contributed by atoms with Gasteiger partial charge in [-0.05, 0) is 17.9 Å². The highest BCUT2D eigenvalue weighted by atomic mass is 15.2. The second kappa shape index (κ2) is 1.79. The van der Waals surface area contributed by atoms with Crippen molar-refractivity contribution in [2.75, 3.05) is 0 Å². The molecule has 0 fully saturated rings. The van der Waals surface area contributed by atoms with Gasteiger partial charge < -0.3 is 0 Å². The fraction of sp³-hybridized carbons (Fsp3) is 0.429. The molecule has 0 saturated heterocycles. The lowest BCUT2D eigenvalue weighted by molar-refractivity contribution is -0.453.